The Hall–Kier alpha value is -1.72. The highest BCUT2D eigenvalue weighted by molar-refractivity contribution is 7.80. The number of aliphatic carboxylic acids is 1. The zero-order valence-corrected chi connectivity index (χ0v) is 20.8. The first kappa shape index (κ1) is 26.3. The largest absolute Gasteiger partial charge is 0.482 e. The van der Waals surface area contributed by atoms with Gasteiger partial charge in [-0.05, 0) is 62.2 Å². The minimum atomic E-state index is -1.72. The normalized spacial score (nSPS) is 43.3. The zero-order valence-electron chi connectivity index (χ0n) is 20.0. The SMILES string of the molecule is C[C@]12C[C@H](O)[C@H]3[C@@H](CCC4=CC(=O)CC(OC(=S)CC(O)C(=O)O)[C@@]43C)[C@@H]1CC[C@]2(O)C(=O)CO. The highest BCUT2D eigenvalue weighted by atomic mass is 32.1. The number of ether oxygens (including phenoxy) is 1. The molecule has 4 aliphatic rings. The summed E-state index contributed by atoms with van der Waals surface area (Å²) in [4.78, 5) is 36.2. The quantitative estimate of drug-likeness (QED) is 0.325. The third-order valence-electron chi connectivity index (χ3n) is 9.65. The molecule has 0 saturated heterocycles. The van der Waals surface area contributed by atoms with Gasteiger partial charge < -0.3 is 30.3 Å². The van der Waals surface area contributed by atoms with E-state index in [4.69, 9.17) is 22.1 Å². The van der Waals surface area contributed by atoms with Crippen LogP contribution in [0.15, 0.2) is 11.6 Å². The van der Waals surface area contributed by atoms with Crippen molar-refractivity contribution in [3.63, 3.8) is 0 Å². The molecule has 35 heavy (non-hydrogen) atoms. The molecule has 0 spiro atoms. The maximum Gasteiger partial charge on any atom is 0.333 e. The lowest BCUT2D eigenvalue weighted by Gasteiger charge is -2.61. The zero-order chi connectivity index (χ0) is 25.9. The molecule has 0 amide bonds. The molecule has 0 aromatic carbocycles. The molecule has 2 unspecified atom stereocenters. The number of carboxylic acid groups (broad SMARTS) is 1. The first-order valence-corrected chi connectivity index (χ1v) is 12.6. The first-order valence-electron chi connectivity index (χ1n) is 12.2. The van der Waals surface area contributed by atoms with Crippen LogP contribution in [0, 0.1) is 28.6 Å². The summed E-state index contributed by atoms with van der Waals surface area (Å²) in [5, 5.41) is 51.0. The van der Waals surface area contributed by atoms with Gasteiger partial charge in [0.05, 0.1) is 12.5 Å². The van der Waals surface area contributed by atoms with Crippen molar-refractivity contribution < 1.29 is 44.7 Å². The number of thiocarbonyl (C=S) groups is 1. The van der Waals surface area contributed by atoms with E-state index in [0.29, 0.717) is 19.3 Å². The molecule has 4 aliphatic carbocycles. The van der Waals surface area contributed by atoms with Gasteiger partial charge in [-0.1, -0.05) is 19.4 Å². The topological polar surface area (TPSA) is 162 Å². The van der Waals surface area contributed by atoms with E-state index in [0.717, 1.165) is 5.57 Å². The van der Waals surface area contributed by atoms with Crippen LogP contribution in [0.5, 0.6) is 0 Å². The molecule has 5 N–H and O–H groups in total. The van der Waals surface area contributed by atoms with Crippen LogP contribution in [-0.4, -0.2) is 78.6 Å². The minimum Gasteiger partial charge on any atom is -0.482 e. The van der Waals surface area contributed by atoms with E-state index in [9.17, 15) is 34.8 Å². The number of carbonyl (C=O) groups excluding carboxylic acids is 2. The van der Waals surface area contributed by atoms with E-state index in [2.05, 4.69) is 0 Å². The summed E-state index contributed by atoms with van der Waals surface area (Å²) < 4.78 is 5.98. The number of hydrogen-bond acceptors (Lipinski definition) is 9. The molecule has 3 fully saturated rings. The van der Waals surface area contributed by atoms with Crippen LogP contribution < -0.4 is 0 Å². The van der Waals surface area contributed by atoms with Crippen molar-refractivity contribution >= 4 is 34.8 Å². The van der Waals surface area contributed by atoms with Crippen LogP contribution in [-0.2, 0) is 19.1 Å². The van der Waals surface area contributed by atoms with Gasteiger partial charge >= 0.3 is 5.97 Å². The third-order valence-corrected chi connectivity index (χ3v) is 9.91. The predicted octanol–water partition coefficient (Wildman–Crippen LogP) is 0.940. The number of carbonyl (C=O) groups is 3. The number of aliphatic hydroxyl groups excluding tert-OH is 3. The second-order valence-corrected chi connectivity index (χ2v) is 11.6. The van der Waals surface area contributed by atoms with Gasteiger partial charge in [0.2, 0.25) is 0 Å². The van der Waals surface area contributed by atoms with E-state index in [1.807, 2.05) is 13.8 Å². The van der Waals surface area contributed by atoms with Gasteiger partial charge in [0, 0.05) is 23.2 Å². The lowest BCUT2D eigenvalue weighted by atomic mass is 9.44. The highest BCUT2D eigenvalue weighted by Crippen LogP contribution is 2.67. The summed E-state index contributed by atoms with van der Waals surface area (Å²) in [6, 6.07) is 0. The fraction of sp³-hybridized carbons (Fsp3) is 0.760. The minimum absolute atomic E-state index is 0.00805. The van der Waals surface area contributed by atoms with Crippen molar-refractivity contribution in [2.45, 2.75) is 82.7 Å². The van der Waals surface area contributed by atoms with Crippen molar-refractivity contribution in [1.82, 2.24) is 0 Å². The van der Waals surface area contributed by atoms with Crippen molar-refractivity contribution in [2.75, 3.05) is 6.61 Å². The Balaban J connectivity index is 1.68. The van der Waals surface area contributed by atoms with E-state index in [1.165, 1.54) is 0 Å². The smallest absolute Gasteiger partial charge is 0.333 e. The average molecular weight is 511 g/mol. The average Bonchev–Trinajstić information content (AvgIpc) is 3.04. The number of aliphatic hydroxyl groups is 4. The summed E-state index contributed by atoms with van der Waals surface area (Å²) >= 11 is 5.22. The first-order chi connectivity index (χ1) is 16.3. The Labute approximate surface area is 209 Å². The molecule has 0 heterocycles. The Morgan fingerprint density at radius 1 is 1.29 bits per heavy atom. The van der Waals surface area contributed by atoms with Gasteiger partial charge in [0.1, 0.15) is 18.3 Å². The summed E-state index contributed by atoms with van der Waals surface area (Å²) in [7, 11) is 0. The molecule has 0 bridgehead atoms. The Morgan fingerprint density at radius 2 is 1.97 bits per heavy atom. The third kappa shape index (κ3) is 3.89. The molecular formula is C25H34O9S. The number of Topliss-reactive ketones (excluding diaryl/α,β-unsaturated/α-hetero) is 1. The second kappa shape index (κ2) is 8.99. The fourth-order valence-corrected chi connectivity index (χ4v) is 8.19. The van der Waals surface area contributed by atoms with Crippen LogP contribution in [0.2, 0.25) is 0 Å². The monoisotopic (exact) mass is 510 g/mol. The molecule has 0 aliphatic heterocycles. The molecule has 3 saturated carbocycles. The van der Waals surface area contributed by atoms with Crippen molar-refractivity contribution in [2.24, 2.45) is 28.6 Å². The van der Waals surface area contributed by atoms with Crippen LogP contribution in [0.4, 0.5) is 0 Å². The van der Waals surface area contributed by atoms with Gasteiger partial charge in [-0.25, -0.2) is 4.79 Å². The summed E-state index contributed by atoms with van der Waals surface area (Å²) in [6.45, 7) is 3.01. The van der Waals surface area contributed by atoms with E-state index in [-0.39, 0.29) is 47.9 Å². The van der Waals surface area contributed by atoms with E-state index >= 15 is 0 Å². The van der Waals surface area contributed by atoms with Crippen LogP contribution in [0.1, 0.15) is 58.8 Å². The van der Waals surface area contributed by atoms with Gasteiger partial charge in [0.15, 0.2) is 22.7 Å². The van der Waals surface area contributed by atoms with Crippen molar-refractivity contribution in [3.05, 3.63) is 11.6 Å². The van der Waals surface area contributed by atoms with Crippen molar-refractivity contribution in [3.8, 4) is 0 Å². The molecule has 4 rings (SSSR count). The van der Waals surface area contributed by atoms with Crippen LogP contribution in [0.3, 0.4) is 0 Å². The molecule has 10 heteroatoms. The predicted molar refractivity (Wildman–Crippen MR) is 126 cm³/mol. The maximum absolute atomic E-state index is 12.6. The summed E-state index contributed by atoms with van der Waals surface area (Å²) in [5.41, 5.74) is -2.53. The van der Waals surface area contributed by atoms with E-state index < -0.39 is 59.5 Å². The molecule has 9 atom stereocenters. The number of fused-ring (bicyclic) bond motifs is 5. The summed E-state index contributed by atoms with van der Waals surface area (Å²) in [5.74, 6) is -2.66. The highest BCUT2D eigenvalue weighted by Gasteiger charge is 2.69. The lowest BCUT2D eigenvalue weighted by molar-refractivity contribution is -0.190. The number of ketones is 2. The Morgan fingerprint density at radius 3 is 2.60 bits per heavy atom. The molecule has 0 aromatic rings. The van der Waals surface area contributed by atoms with Crippen molar-refractivity contribution in [1.29, 1.82) is 0 Å². The van der Waals surface area contributed by atoms with Gasteiger partial charge in [-0.15, -0.1) is 0 Å². The molecule has 194 valence electrons. The second-order valence-electron chi connectivity index (χ2n) is 11.2. The molecule has 0 radical (unpaired) electrons. The van der Waals surface area contributed by atoms with Gasteiger partial charge in [-0.2, -0.15) is 0 Å². The van der Waals surface area contributed by atoms with Crippen LogP contribution >= 0.6 is 12.2 Å². The number of rotatable bonds is 6. The van der Waals surface area contributed by atoms with Gasteiger partial charge in [-0.3, -0.25) is 9.59 Å². The Kier molecular flexibility index (Phi) is 6.77. The lowest BCUT2D eigenvalue weighted by Crippen LogP contribution is -2.64. The van der Waals surface area contributed by atoms with E-state index in [1.54, 1.807) is 6.08 Å². The van der Waals surface area contributed by atoms with Gasteiger partial charge in [0.25, 0.3) is 0 Å². The molecular weight excluding hydrogens is 476 g/mol. The summed E-state index contributed by atoms with van der Waals surface area (Å²) in [6.07, 6.45) is 0.0797. The number of carboxylic acids is 1. The fourth-order valence-electron chi connectivity index (χ4n) is 7.91. The number of hydrogen-bond donors (Lipinski definition) is 5. The standard InChI is InChI=1S/C25H34O9S/c1-23-10-17(29)21-14(15(23)5-6-25(23,33)18(30)11-26)4-3-12-7-13(27)8-19(24(12,21)2)34-20(35)9-16(28)22(31)32/h7,14-17,19,21,26,28-29,33H,3-6,8-11H2,1-2H3,(H,31,32)/t14-,15-,16?,17-,19?,21+,23-,24+,25-/m0/s1. The van der Waals surface area contributed by atoms with Crippen LogP contribution in [0.25, 0.3) is 0 Å². The molecule has 0 aromatic heterocycles. The molecule has 9 nitrogen and oxygen atoms in total. The Bertz CT molecular complexity index is 978. The maximum atomic E-state index is 12.6.